The second kappa shape index (κ2) is 4.46. The van der Waals surface area contributed by atoms with Crippen molar-refractivity contribution in [2.24, 2.45) is 0 Å². The van der Waals surface area contributed by atoms with Crippen molar-refractivity contribution in [3.63, 3.8) is 0 Å². The van der Waals surface area contributed by atoms with Gasteiger partial charge in [0.15, 0.2) is 0 Å². The third-order valence-electron chi connectivity index (χ3n) is 3.09. The summed E-state index contributed by atoms with van der Waals surface area (Å²) in [6, 6.07) is 0. The number of nitrogens with one attached hydrogen (secondary N) is 1. The van der Waals surface area contributed by atoms with Gasteiger partial charge in [-0.05, 0) is 13.3 Å². The van der Waals surface area contributed by atoms with E-state index in [4.69, 9.17) is 4.74 Å². The van der Waals surface area contributed by atoms with Gasteiger partial charge < -0.3 is 9.84 Å². The van der Waals surface area contributed by atoms with Gasteiger partial charge in [-0.1, -0.05) is 6.92 Å². The lowest BCUT2D eigenvalue weighted by Gasteiger charge is -2.14. The zero-order chi connectivity index (χ0) is 12.6. The monoisotopic (exact) mass is 240 g/mol. The molecule has 94 valence electrons. The average molecular weight is 240 g/mol. The molecule has 6 nitrogen and oxygen atoms in total. The molecule has 1 aliphatic heterocycles. The molecule has 17 heavy (non-hydrogen) atoms. The lowest BCUT2D eigenvalue weighted by molar-refractivity contribution is -0.0102. The maximum Gasteiger partial charge on any atom is 0.330 e. The molecule has 2 heterocycles. The SMILES string of the molecule is CCc1cn([C@@H]2CC(O)[C@H](C)O2)c(=O)[nH]c1=O. The van der Waals surface area contributed by atoms with Crippen LogP contribution in [0.15, 0.2) is 15.8 Å². The van der Waals surface area contributed by atoms with E-state index in [-0.39, 0.29) is 11.7 Å². The first-order chi connectivity index (χ1) is 8.02. The van der Waals surface area contributed by atoms with E-state index in [0.717, 1.165) is 0 Å². The van der Waals surface area contributed by atoms with Crippen molar-refractivity contribution >= 4 is 0 Å². The third kappa shape index (κ3) is 2.18. The van der Waals surface area contributed by atoms with Crippen molar-refractivity contribution in [1.29, 1.82) is 0 Å². The van der Waals surface area contributed by atoms with Crippen LogP contribution in [0.2, 0.25) is 0 Å². The van der Waals surface area contributed by atoms with Crippen LogP contribution in [0.4, 0.5) is 0 Å². The van der Waals surface area contributed by atoms with Crippen LogP contribution in [0.3, 0.4) is 0 Å². The second-order valence-electron chi connectivity index (χ2n) is 4.27. The Labute approximate surface area is 97.9 Å². The second-order valence-corrected chi connectivity index (χ2v) is 4.27. The smallest absolute Gasteiger partial charge is 0.330 e. The fraction of sp³-hybridized carbons (Fsp3) is 0.636. The molecule has 1 fully saturated rings. The Hall–Kier alpha value is -1.40. The number of rotatable bonds is 2. The summed E-state index contributed by atoms with van der Waals surface area (Å²) in [5.41, 5.74) is -0.332. The van der Waals surface area contributed by atoms with E-state index in [9.17, 15) is 14.7 Å². The number of ether oxygens (including phenoxy) is 1. The fourth-order valence-electron chi connectivity index (χ4n) is 1.96. The number of H-pyrrole nitrogens is 1. The molecular weight excluding hydrogens is 224 g/mol. The van der Waals surface area contributed by atoms with Crippen LogP contribution in [0.25, 0.3) is 0 Å². The summed E-state index contributed by atoms with van der Waals surface area (Å²) < 4.78 is 6.81. The van der Waals surface area contributed by atoms with Crippen LogP contribution in [-0.2, 0) is 11.2 Å². The van der Waals surface area contributed by atoms with E-state index in [1.807, 2.05) is 6.92 Å². The molecule has 6 heteroatoms. The first-order valence-corrected chi connectivity index (χ1v) is 5.70. The van der Waals surface area contributed by atoms with Crippen LogP contribution in [0.5, 0.6) is 0 Å². The molecular formula is C11H16N2O4. The fourth-order valence-corrected chi connectivity index (χ4v) is 1.96. The molecule has 1 unspecified atom stereocenters. The number of hydrogen-bond donors (Lipinski definition) is 2. The molecule has 0 radical (unpaired) electrons. The molecule has 2 N–H and O–H groups in total. The number of aliphatic hydroxyl groups excluding tert-OH is 1. The molecule has 0 saturated carbocycles. The topological polar surface area (TPSA) is 84.3 Å². The Bertz CT molecular complexity index is 509. The summed E-state index contributed by atoms with van der Waals surface area (Å²) in [7, 11) is 0. The molecule has 0 aliphatic carbocycles. The molecule has 3 atom stereocenters. The highest BCUT2D eigenvalue weighted by Gasteiger charge is 2.32. The number of aromatic nitrogens is 2. The quantitative estimate of drug-likeness (QED) is 0.747. The summed E-state index contributed by atoms with van der Waals surface area (Å²) in [4.78, 5) is 25.3. The van der Waals surface area contributed by atoms with Crippen LogP contribution in [0.1, 0.15) is 32.1 Å². The number of hydrogen-bond acceptors (Lipinski definition) is 4. The van der Waals surface area contributed by atoms with Gasteiger partial charge in [-0.25, -0.2) is 4.79 Å². The highest BCUT2D eigenvalue weighted by atomic mass is 16.5. The Kier molecular flexibility index (Phi) is 3.17. The van der Waals surface area contributed by atoms with E-state index in [0.29, 0.717) is 18.4 Å². The number of aliphatic hydroxyl groups is 1. The van der Waals surface area contributed by atoms with Gasteiger partial charge in [0, 0.05) is 18.2 Å². The molecule has 2 rings (SSSR count). The Morgan fingerprint density at radius 3 is 2.82 bits per heavy atom. The van der Waals surface area contributed by atoms with E-state index in [2.05, 4.69) is 4.98 Å². The molecule has 1 saturated heterocycles. The van der Waals surface area contributed by atoms with E-state index in [1.165, 1.54) is 10.8 Å². The Morgan fingerprint density at radius 1 is 1.59 bits per heavy atom. The maximum absolute atomic E-state index is 11.7. The minimum atomic E-state index is -0.580. The zero-order valence-corrected chi connectivity index (χ0v) is 9.84. The van der Waals surface area contributed by atoms with E-state index < -0.39 is 18.0 Å². The van der Waals surface area contributed by atoms with Gasteiger partial charge in [0.1, 0.15) is 6.23 Å². The normalized spacial score (nSPS) is 28.5. The number of aromatic amines is 1. The summed E-state index contributed by atoms with van der Waals surface area (Å²) in [5.74, 6) is 0. The summed E-state index contributed by atoms with van der Waals surface area (Å²) in [6.07, 6.45) is 1.02. The molecule has 0 spiro atoms. The highest BCUT2D eigenvalue weighted by Crippen LogP contribution is 2.26. The van der Waals surface area contributed by atoms with Crippen molar-refractivity contribution < 1.29 is 9.84 Å². The van der Waals surface area contributed by atoms with Gasteiger partial charge in [0.25, 0.3) is 5.56 Å². The average Bonchev–Trinajstić information content (AvgIpc) is 2.59. The number of nitrogens with zero attached hydrogens (tertiary/aromatic N) is 1. The Balaban J connectivity index is 2.40. The highest BCUT2D eigenvalue weighted by molar-refractivity contribution is 5.04. The molecule has 1 aromatic heterocycles. The minimum absolute atomic E-state index is 0.302. The number of aryl methyl sites for hydroxylation is 1. The lowest BCUT2D eigenvalue weighted by Crippen LogP contribution is -2.34. The third-order valence-corrected chi connectivity index (χ3v) is 3.09. The lowest BCUT2D eigenvalue weighted by atomic mass is 10.2. The molecule has 1 aromatic rings. The van der Waals surface area contributed by atoms with Crippen LogP contribution in [0, 0.1) is 0 Å². The van der Waals surface area contributed by atoms with Crippen LogP contribution >= 0.6 is 0 Å². The minimum Gasteiger partial charge on any atom is -0.390 e. The zero-order valence-electron chi connectivity index (χ0n) is 9.84. The van der Waals surface area contributed by atoms with Crippen LogP contribution in [-0.4, -0.2) is 26.9 Å². The first kappa shape index (κ1) is 12.1. The van der Waals surface area contributed by atoms with Gasteiger partial charge in [0.05, 0.1) is 12.2 Å². The molecule has 0 aromatic carbocycles. The Morgan fingerprint density at radius 2 is 2.29 bits per heavy atom. The van der Waals surface area contributed by atoms with E-state index in [1.54, 1.807) is 6.92 Å². The van der Waals surface area contributed by atoms with Gasteiger partial charge in [-0.3, -0.25) is 14.3 Å². The summed E-state index contributed by atoms with van der Waals surface area (Å²) in [6.45, 7) is 3.59. The molecule has 0 bridgehead atoms. The largest absolute Gasteiger partial charge is 0.390 e. The van der Waals surface area contributed by atoms with Crippen molar-refractivity contribution in [2.75, 3.05) is 0 Å². The molecule has 1 aliphatic rings. The van der Waals surface area contributed by atoms with Gasteiger partial charge in [-0.15, -0.1) is 0 Å². The van der Waals surface area contributed by atoms with Crippen molar-refractivity contribution in [3.05, 3.63) is 32.6 Å². The standard InChI is InChI=1S/C11H16N2O4/c1-3-7-5-13(11(16)12-10(7)15)9-4-8(14)6(2)17-9/h5-6,8-9,14H,3-4H2,1-2H3,(H,12,15,16)/t6-,8?,9-/m0/s1. The van der Waals surface area contributed by atoms with Gasteiger partial charge in [0.2, 0.25) is 0 Å². The van der Waals surface area contributed by atoms with Crippen molar-refractivity contribution in [1.82, 2.24) is 9.55 Å². The summed E-state index contributed by atoms with van der Waals surface area (Å²) in [5, 5.41) is 9.59. The predicted octanol–water partition coefficient (Wildman–Crippen LogP) is -0.233. The van der Waals surface area contributed by atoms with Gasteiger partial charge >= 0.3 is 5.69 Å². The van der Waals surface area contributed by atoms with Crippen LogP contribution < -0.4 is 11.2 Å². The van der Waals surface area contributed by atoms with E-state index >= 15 is 0 Å². The maximum atomic E-state index is 11.7. The van der Waals surface area contributed by atoms with Crippen molar-refractivity contribution in [2.45, 2.75) is 45.1 Å². The van der Waals surface area contributed by atoms with Crippen molar-refractivity contribution in [3.8, 4) is 0 Å². The first-order valence-electron chi connectivity index (χ1n) is 5.70. The molecule has 0 amide bonds. The predicted molar refractivity (Wildman–Crippen MR) is 60.9 cm³/mol. The van der Waals surface area contributed by atoms with Gasteiger partial charge in [-0.2, -0.15) is 0 Å². The summed E-state index contributed by atoms with van der Waals surface area (Å²) >= 11 is 0.